The van der Waals surface area contributed by atoms with Gasteiger partial charge < -0.3 is 4.74 Å². The Kier molecular flexibility index (Phi) is 2.10. The Balaban J connectivity index is 2.23. The number of ether oxygens (including phenoxy) is 1. The molecular formula is C8H12O2. The van der Waals surface area contributed by atoms with Gasteiger partial charge in [0.2, 0.25) is 0 Å². The van der Waals surface area contributed by atoms with Crippen molar-refractivity contribution >= 4 is 5.97 Å². The molecule has 0 radical (unpaired) electrons. The third-order valence-corrected chi connectivity index (χ3v) is 1.75. The summed E-state index contributed by atoms with van der Waals surface area (Å²) >= 11 is 0. The molecule has 0 atom stereocenters. The highest BCUT2D eigenvalue weighted by Crippen LogP contribution is 2.36. The number of rotatable bonds is 3. The van der Waals surface area contributed by atoms with E-state index in [1.54, 1.807) is 0 Å². The molecule has 56 valence electrons. The number of hydrogen-bond acceptors (Lipinski definition) is 2. The number of hydrogen-bond donors (Lipinski definition) is 0. The van der Waals surface area contributed by atoms with E-state index in [4.69, 9.17) is 0 Å². The topological polar surface area (TPSA) is 26.3 Å². The Morgan fingerprint density at radius 2 is 2.30 bits per heavy atom. The monoisotopic (exact) mass is 140 g/mol. The molecule has 0 bridgehead atoms. The van der Waals surface area contributed by atoms with E-state index >= 15 is 0 Å². The molecule has 0 aromatic carbocycles. The van der Waals surface area contributed by atoms with Crippen LogP contribution in [0, 0.1) is 5.92 Å². The Morgan fingerprint density at radius 1 is 1.70 bits per heavy atom. The van der Waals surface area contributed by atoms with Crippen LogP contribution in [0.4, 0.5) is 0 Å². The summed E-state index contributed by atoms with van der Waals surface area (Å²) in [6.45, 7) is 3.80. The maximum absolute atomic E-state index is 10.7. The van der Waals surface area contributed by atoms with Crippen molar-refractivity contribution in [3.63, 3.8) is 0 Å². The van der Waals surface area contributed by atoms with E-state index in [2.05, 4.69) is 11.3 Å². The summed E-state index contributed by atoms with van der Waals surface area (Å²) in [5.41, 5.74) is 1.03. The predicted octanol–water partition coefficient (Wildman–Crippen LogP) is 1.52. The van der Waals surface area contributed by atoms with Crippen LogP contribution in [0.3, 0.4) is 0 Å². The van der Waals surface area contributed by atoms with Gasteiger partial charge in [-0.15, -0.1) is 0 Å². The molecule has 1 aliphatic rings. The fraction of sp³-hybridized carbons (Fsp3) is 0.625. The molecule has 1 fully saturated rings. The van der Waals surface area contributed by atoms with Gasteiger partial charge in [0.05, 0.1) is 13.5 Å². The van der Waals surface area contributed by atoms with E-state index < -0.39 is 0 Å². The lowest BCUT2D eigenvalue weighted by atomic mass is 10.1. The maximum Gasteiger partial charge on any atom is 0.309 e. The van der Waals surface area contributed by atoms with E-state index in [1.807, 2.05) is 0 Å². The molecule has 0 unspecified atom stereocenters. The van der Waals surface area contributed by atoms with Crippen LogP contribution in [0.1, 0.15) is 19.3 Å². The van der Waals surface area contributed by atoms with Crippen LogP contribution in [-0.4, -0.2) is 13.1 Å². The van der Waals surface area contributed by atoms with Crippen molar-refractivity contribution in [1.82, 2.24) is 0 Å². The average molecular weight is 140 g/mol. The number of esters is 1. The van der Waals surface area contributed by atoms with Crippen LogP contribution in [0.15, 0.2) is 12.2 Å². The highest BCUT2D eigenvalue weighted by atomic mass is 16.5. The van der Waals surface area contributed by atoms with E-state index in [0.717, 1.165) is 5.57 Å². The van der Waals surface area contributed by atoms with Gasteiger partial charge in [-0.2, -0.15) is 0 Å². The Morgan fingerprint density at radius 3 is 2.70 bits per heavy atom. The van der Waals surface area contributed by atoms with Gasteiger partial charge in [-0.05, 0) is 18.8 Å². The summed E-state index contributed by atoms with van der Waals surface area (Å²) < 4.78 is 4.50. The first-order valence-electron chi connectivity index (χ1n) is 3.48. The summed E-state index contributed by atoms with van der Waals surface area (Å²) in [5.74, 6) is 0.441. The molecule has 0 amide bonds. The third-order valence-electron chi connectivity index (χ3n) is 1.75. The minimum Gasteiger partial charge on any atom is -0.469 e. The molecule has 0 aliphatic heterocycles. The predicted molar refractivity (Wildman–Crippen MR) is 38.5 cm³/mol. The lowest BCUT2D eigenvalue weighted by Gasteiger charge is -1.99. The van der Waals surface area contributed by atoms with Crippen LogP contribution < -0.4 is 0 Å². The van der Waals surface area contributed by atoms with Gasteiger partial charge in [-0.25, -0.2) is 0 Å². The number of carbonyl (C=O) groups is 1. The molecule has 0 heterocycles. The Labute approximate surface area is 60.9 Å². The minimum atomic E-state index is -0.170. The second-order valence-corrected chi connectivity index (χ2v) is 2.69. The standard InChI is InChI=1S/C8H12O2/c1-6(7-3-4-7)5-8(9)10-2/h7H,1,3-5H2,2H3. The fourth-order valence-electron chi connectivity index (χ4n) is 0.893. The Hall–Kier alpha value is -0.790. The van der Waals surface area contributed by atoms with Gasteiger partial charge >= 0.3 is 5.97 Å². The fourth-order valence-corrected chi connectivity index (χ4v) is 0.893. The van der Waals surface area contributed by atoms with E-state index in [0.29, 0.717) is 12.3 Å². The summed E-state index contributed by atoms with van der Waals surface area (Å²) in [6.07, 6.45) is 2.81. The van der Waals surface area contributed by atoms with Crippen molar-refractivity contribution in [2.24, 2.45) is 5.92 Å². The van der Waals surface area contributed by atoms with Crippen molar-refractivity contribution in [2.75, 3.05) is 7.11 Å². The zero-order valence-electron chi connectivity index (χ0n) is 6.22. The highest BCUT2D eigenvalue weighted by molar-refractivity contribution is 5.72. The molecule has 1 rings (SSSR count). The van der Waals surface area contributed by atoms with Crippen molar-refractivity contribution in [3.05, 3.63) is 12.2 Å². The minimum absolute atomic E-state index is 0.170. The molecule has 0 spiro atoms. The van der Waals surface area contributed by atoms with Gasteiger partial charge in [-0.1, -0.05) is 12.2 Å². The van der Waals surface area contributed by atoms with Gasteiger partial charge in [0.15, 0.2) is 0 Å². The molecular weight excluding hydrogens is 128 g/mol. The molecule has 2 nitrogen and oxygen atoms in total. The second kappa shape index (κ2) is 2.86. The number of methoxy groups -OCH3 is 1. The van der Waals surface area contributed by atoms with Crippen LogP contribution in [0.2, 0.25) is 0 Å². The van der Waals surface area contributed by atoms with Crippen LogP contribution >= 0.6 is 0 Å². The molecule has 0 aromatic heterocycles. The Bertz CT molecular complexity index is 157. The quantitative estimate of drug-likeness (QED) is 0.439. The van der Waals surface area contributed by atoms with Gasteiger partial charge in [-0.3, -0.25) is 4.79 Å². The first kappa shape index (κ1) is 7.32. The molecule has 0 aromatic rings. The van der Waals surface area contributed by atoms with Crippen molar-refractivity contribution in [3.8, 4) is 0 Å². The van der Waals surface area contributed by atoms with Crippen LogP contribution in [-0.2, 0) is 9.53 Å². The summed E-state index contributed by atoms with van der Waals surface area (Å²) in [4.78, 5) is 10.7. The van der Waals surface area contributed by atoms with Gasteiger partial charge in [0.25, 0.3) is 0 Å². The molecule has 2 heteroatoms. The number of carbonyl (C=O) groups excluding carboxylic acids is 1. The molecule has 1 saturated carbocycles. The maximum atomic E-state index is 10.7. The first-order chi connectivity index (χ1) is 4.74. The second-order valence-electron chi connectivity index (χ2n) is 2.69. The lowest BCUT2D eigenvalue weighted by Crippen LogP contribution is -2.01. The van der Waals surface area contributed by atoms with Crippen LogP contribution in [0.5, 0.6) is 0 Å². The third kappa shape index (κ3) is 1.87. The largest absolute Gasteiger partial charge is 0.469 e. The van der Waals surface area contributed by atoms with E-state index in [9.17, 15) is 4.79 Å². The van der Waals surface area contributed by atoms with Crippen molar-refractivity contribution in [2.45, 2.75) is 19.3 Å². The van der Waals surface area contributed by atoms with Gasteiger partial charge in [0, 0.05) is 0 Å². The van der Waals surface area contributed by atoms with E-state index in [-0.39, 0.29) is 5.97 Å². The van der Waals surface area contributed by atoms with E-state index in [1.165, 1.54) is 20.0 Å². The normalized spacial score (nSPS) is 16.5. The molecule has 0 N–H and O–H groups in total. The first-order valence-corrected chi connectivity index (χ1v) is 3.48. The van der Waals surface area contributed by atoms with Crippen molar-refractivity contribution < 1.29 is 9.53 Å². The summed E-state index contributed by atoms with van der Waals surface area (Å²) in [5, 5.41) is 0. The average Bonchev–Trinajstić information content (AvgIpc) is 2.68. The smallest absolute Gasteiger partial charge is 0.309 e. The zero-order chi connectivity index (χ0) is 7.56. The van der Waals surface area contributed by atoms with Crippen molar-refractivity contribution in [1.29, 1.82) is 0 Å². The van der Waals surface area contributed by atoms with Gasteiger partial charge in [0.1, 0.15) is 0 Å². The molecule has 10 heavy (non-hydrogen) atoms. The van der Waals surface area contributed by atoms with Crippen LogP contribution in [0.25, 0.3) is 0 Å². The molecule has 0 saturated heterocycles. The lowest BCUT2D eigenvalue weighted by molar-refractivity contribution is -0.139. The summed E-state index contributed by atoms with van der Waals surface area (Å²) in [6, 6.07) is 0. The zero-order valence-corrected chi connectivity index (χ0v) is 6.22. The SMILES string of the molecule is C=C(CC(=O)OC)C1CC1. The summed E-state index contributed by atoms with van der Waals surface area (Å²) in [7, 11) is 1.41. The molecule has 1 aliphatic carbocycles. The highest BCUT2D eigenvalue weighted by Gasteiger charge is 2.25.